The van der Waals surface area contributed by atoms with E-state index in [4.69, 9.17) is 4.74 Å². The minimum atomic E-state index is 0.000132. The van der Waals surface area contributed by atoms with Gasteiger partial charge in [-0.1, -0.05) is 18.2 Å². The summed E-state index contributed by atoms with van der Waals surface area (Å²) in [5.74, 6) is 0.748. The van der Waals surface area contributed by atoms with Crippen LogP contribution in [0.3, 0.4) is 0 Å². The van der Waals surface area contributed by atoms with E-state index in [0.717, 1.165) is 33.9 Å². The van der Waals surface area contributed by atoms with Crippen molar-refractivity contribution in [3.8, 4) is 5.88 Å². The van der Waals surface area contributed by atoms with Gasteiger partial charge in [-0.25, -0.2) is 4.98 Å². The molecule has 5 nitrogen and oxygen atoms in total. The molecule has 0 bridgehead atoms. The summed E-state index contributed by atoms with van der Waals surface area (Å²) in [4.78, 5) is 18.9. The molecule has 26 heavy (non-hydrogen) atoms. The van der Waals surface area contributed by atoms with Crippen LogP contribution in [-0.2, 0) is 18.3 Å². The predicted octanol–water partition coefficient (Wildman–Crippen LogP) is 3.56. The van der Waals surface area contributed by atoms with Gasteiger partial charge in [0.15, 0.2) is 0 Å². The van der Waals surface area contributed by atoms with E-state index in [-0.39, 0.29) is 12.0 Å². The highest BCUT2D eigenvalue weighted by Gasteiger charge is 2.28. The van der Waals surface area contributed by atoms with Crippen molar-refractivity contribution in [3.05, 3.63) is 58.8 Å². The van der Waals surface area contributed by atoms with Crippen LogP contribution in [0.25, 0.3) is 10.9 Å². The van der Waals surface area contributed by atoms with Crippen LogP contribution < -0.4 is 4.74 Å². The maximum absolute atomic E-state index is 12.7. The predicted molar refractivity (Wildman–Crippen MR) is 104 cm³/mol. The third-order valence-electron chi connectivity index (χ3n) is 4.81. The molecule has 0 N–H and O–H groups in total. The number of carbonyl (C=O) groups excluding carboxylic acids is 1. The number of carbonyl (C=O) groups is 1. The van der Waals surface area contributed by atoms with E-state index in [1.807, 2.05) is 36.2 Å². The fourth-order valence-electron chi connectivity index (χ4n) is 3.49. The first-order valence-corrected chi connectivity index (χ1v) is 9.48. The Morgan fingerprint density at radius 2 is 2.15 bits per heavy atom. The van der Waals surface area contributed by atoms with Gasteiger partial charge < -0.3 is 14.2 Å². The lowest BCUT2D eigenvalue weighted by Crippen LogP contribution is -2.32. The maximum Gasteiger partial charge on any atom is 0.227 e. The second kappa shape index (κ2) is 7.11. The average molecular weight is 414 g/mol. The molecule has 3 heterocycles. The fraction of sp³-hybridized carbons (Fsp3) is 0.300. The summed E-state index contributed by atoms with van der Waals surface area (Å²) >= 11 is 3.36. The van der Waals surface area contributed by atoms with Crippen LogP contribution in [0.1, 0.15) is 12.0 Å². The number of halogens is 1. The molecule has 0 radical (unpaired) electrons. The number of likely N-dealkylation sites (tertiary alicyclic amines) is 1. The Bertz CT molecular complexity index is 936. The first-order chi connectivity index (χ1) is 12.6. The van der Waals surface area contributed by atoms with Crippen LogP contribution in [0.15, 0.2) is 53.3 Å². The lowest BCUT2D eigenvalue weighted by atomic mass is 10.1. The van der Waals surface area contributed by atoms with E-state index in [1.54, 1.807) is 6.20 Å². The Kier molecular flexibility index (Phi) is 4.68. The number of aryl methyl sites for hydroxylation is 1. The molecule has 0 unspecified atom stereocenters. The van der Waals surface area contributed by atoms with Gasteiger partial charge in [-0.2, -0.15) is 0 Å². The second-order valence-corrected chi connectivity index (χ2v) is 7.56. The van der Waals surface area contributed by atoms with Gasteiger partial charge in [-0.15, -0.1) is 0 Å². The van der Waals surface area contributed by atoms with Crippen molar-refractivity contribution in [2.45, 2.75) is 18.9 Å². The molecule has 1 aliphatic heterocycles. The van der Waals surface area contributed by atoms with Crippen molar-refractivity contribution >= 4 is 32.7 Å². The maximum atomic E-state index is 12.7. The summed E-state index contributed by atoms with van der Waals surface area (Å²) in [6.45, 7) is 1.34. The molecule has 0 spiro atoms. The van der Waals surface area contributed by atoms with Gasteiger partial charge in [0.25, 0.3) is 0 Å². The largest absolute Gasteiger partial charge is 0.472 e. The van der Waals surface area contributed by atoms with E-state index in [9.17, 15) is 4.79 Å². The molecule has 1 fully saturated rings. The number of amides is 1. The SMILES string of the molecule is Cn1cc(CC(=O)N2CC[C@H](Oc3ccc(Br)cn3)C2)c2ccccc21. The quantitative estimate of drug-likeness (QED) is 0.656. The number of aromatic nitrogens is 2. The zero-order chi connectivity index (χ0) is 18.1. The lowest BCUT2D eigenvalue weighted by molar-refractivity contribution is -0.129. The standard InChI is InChI=1S/C20H20BrN3O2/c1-23-12-14(17-4-2-3-5-18(17)23)10-20(25)24-9-8-16(13-24)26-19-7-6-15(21)11-22-19/h2-7,11-12,16H,8-10,13H2,1H3/t16-/m0/s1. The van der Waals surface area contributed by atoms with E-state index in [0.29, 0.717) is 18.8 Å². The van der Waals surface area contributed by atoms with Crippen LogP contribution >= 0.6 is 15.9 Å². The number of ether oxygens (including phenoxy) is 1. The summed E-state index contributed by atoms with van der Waals surface area (Å²) in [5.41, 5.74) is 2.23. The molecule has 0 saturated carbocycles. The third kappa shape index (κ3) is 3.46. The number of nitrogens with zero attached hydrogens (tertiary/aromatic N) is 3. The minimum Gasteiger partial charge on any atom is -0.472 e. The summed E-state index contributed by atoms with van der Waals surface area (Å²) in [6, 6.07) is 11.9. The normalized spacial score (nSPS) is 17.0. The van der Waals surface area contributed by atoms with E-state index in [1.165, 1.54) is 0 Å². The summed E-state index contributed by atoms with van der Waals surface area (Å²) < 4.78 is 8.90. The Morgan fingerprint density at radius 3 is 2.96 bits per heavy atom. The van der Waals surface area contributed by atoms with Crippen LogP contribution in [0.4, 0.5) is 0 Å². The van der Waals surface area contributed by atoms with Crippen molar-refractivity contribution in [1.29, 1.82) is 0 Å². The van der Waals surface area contributed by atoms with Crippen LogP contribution in [-0.4, -0.2) is 39.6 Å². The van der Waals surface area contributed by atoms with Gasteiger partial charge >= 0.3 is 0 Å². The number of hydrogen-bond donors (Lipinski definition) is 0. The number of rotatable bonds is 4. The number of pyridine rings is 1. The topological polar surface area (TPSA) is 47.4 Å². The fourth-order valence-corrected chi connectivity index (χ4v) is 3.73. The minimum absolute atomic E-state index is 0.000132. The van der Waals surface area contributed by atoms with Crippen LogP contribution in [0, 0.1) is 0 Å². The lowest BCUT2D eigenvalue weighted by Gasteiger charge is -2.17. The molecule has 1 aliphatic rings. The molecule has 1 aromatic carbocycles. The Morgan fingerprint density at radius 1 is 1.31 bits per heavy atom. The molecule has 3 aromatic rings. The Labute approximate surface area is 160 Å². The Hall–Kier alpha value is -2.34. The summed E-state index contributed by atoms with van der Waals surface area (Å²) in [6.07, 6.45) is 5.02. The van der Waals surface area contributed by atoms with Crippen molar-refractivity contribution in [2.75, 3.05) is 13.1 Å². The van der Waals surface area contributed by atoms with Gasteiger partial charge in [0.05, 0.1) is 13.0 Å². The second-order valence-electron chi connectivity index (χ2n) is 6.64. The van der Waals surface area contributed by atoms with E-state index < -0.39 is 0 Å². The monoisotopic (exact) mass is 413 g/mol. The van der Waals surface area contributed by atoms with Gasteiger partial charge in [-0.05, 0) is 33.6 Å². The molecule has 1 saturated heterocycles. The third-order valence-corrected chi connectivity index (χ3v) is 5.28. The number of para-hydroxylation sites is 1. The number of hydrogen-bond acceptors (Lipinski definition) is 3. The summed E-state index contributed by atoms with van der Waals surface area (Å²) in [5, 5.41) is 1.15. The van der Waals surface area contributed by atoms with Gasteiger partial charge in [-0.3, -0.25) is 4.79 Å². The van der Waals surface area contributed by atoms with Gasteiger partial charge in [0, 0.05) is 53.8 Å². The molecule has 1 atom stereocenters. The molecule has 134 valence electrons. The molecule has 4 rings (SSSR count). The molecule has 6 heteroatoms. The molecule has 2 aromatic heterocycles. The zero-order valence-corrected chi connectivity index (χ0v) is 16.1. The van der Waals surface area contributed by atoms with Gasteiger partial charge in [0.1, 0.15) is 6.10 Å². The highest BCUT2D eigenvalue weighted by Crippen LogP contribution is 2.23. The molecular formula is C20H20BrN3O2. The highest BCUT2D eigenvalue weighted by atomic mass is 79.9. The van der Waals surface area contributed by atoms with Crippen molar-refractivity contribution in [3.63, 3.8) is 0 Å². The number of benzene rings is 1. The van der Waals surface area contributed by atoms with Crippen molar-refractivity contribution in [2.24, 2.45) is 7.05 Å². The Balaban J connectivity index is 1.40. The molecular weight excluding hydrogens is 394 g/mol. The molecule has 1 amide bonds. The zero-order valence-electron chi connectivity index (χ0n) is 14.6. The van der Waals surface area contributed by atoms with Crippen LogP contribution in [0.5, 0.6) is 5.88 Å². The average Bonchev–Trinajstić information content (AvgIpc) is 3.23. The first kappa shape index (κ1) is 17.1. The molecule has 0 aliphatic carbocycles. The van der Waals surface area contributed by atoms with Crippen LogP contribution in [0.2, 0.25) is 0 Å². The summed E-state index contributed by atoms with van der Waals surface area (Å²) in [7, 11) is 2.02. The van der Waals surface area contributed by atoms with E-state index >= 15 is 0 Å². The smallest absolute Gasteiger partial charge is 0.227 e. The first-order valence-electron chi connectivity index (χ1n) is 8.69. The van der Waals surface area contributed by atoms with Crippen molar-refractivity contribution in [1.82, 2.24) is 14.5 Å². The van der Waals surface area contributed by atoms with E-state index in [2.05, 4.69) is 43.8 Å². The number of fused-ring (bicyclic) bond motifs is 1. The highest BCUT2D eigenvalue weighted by molar-refractivity contribution is 9.10. The van der Waals surface area contributed by atoms with Gasteiger partial charge in [0.2, 0.25) is 11.8 Å². The van der Waals surface area contributed by atoms with Crippen molar-refractivity contribution < 1.29 is 9.53 Å².